The van der Waals surface area contributed by atoms with Crippen LogP contribution in [0.15, 0.2) is 36.4 Å². The lowest BCUT2D eigenvalue weighted by atomic mass is 10.2. The molecule has 3 rings (SSSR count). The molecular formula is C14H10ClFN2S. The number of halogens is 2. The monoisotopic (exact) mass is 292 g/mol. The lowest BCUT2D eigenvalue weighted by molar-refractivity contribution is 0.627. The third-order valence-electron chi connectivity index (χ3n) is 3.00. The second-order valence-electron chi connectivity index (χ2n) is 4.38. The molecule has 0 aliphatic carbocycles. The van der Waals surface area contributed by atoms with Crippen molar-refractivity contribution in [3.63, 3.8) is 0 Å². The molecule has 1 N–H and O–H groups in total. The van der Waals surface area contributed by atoms with Crippen LogP contribution in [0.3, 0.4) is 0 Å². The third kappa shape index (κ3) is 2.07. The summed E-state index contributed by atoms with van der Waals surface area (Å²) < 4.78 is 15.9. The zero-order valence-electron chi connectivity index (χ0n) is 10.1. The number of nitrogens with one attached hydrogen (secondary N) is 1. The molecule has 3 aromatic rings. The Morgan fingerprint density at radius 3 is 2.74 bits per heavy atom. The van der Waals surface area contributed by atoms with Gasteiger partial charge in [0, 0.05) is 0 Å². The Labute approximate surface area is 119 Å². The van der Waals surface area contributed by atoms with Crippen LogP contribution in [0.1, 0.15) is 5.56 Å². The Balaban J connectivity index is 2.32. The van der Waals surface area contributed by atoms with E-state index in [2.05, 4.69) is 4.98 Å². The van der Waals surface area contributed by atoms with Crippen LogP contribution in [-0.4, -0.2) is 9.55 Å². The summed E-state index contributed by atoms with van der Waals surface area (Å²) >= 11 is 11.0. The van der Waals surface area contributed by atoms with E-state index in [0.717, 1.165) is 16.6 Å². The fourth-order valence-electron chi connectivity index (χ4n) is 2.11. The van der Waals surface area contributed by atoms with Crippen molar-refractivity contribution in [1.82, 2.24) is 9.55 Å². The number of aryl methyl sites for hydroxylation is 1. The second kappa shape index (κ2) is 4.47. The summed E-state index contributed by atoms with van der Waals surface area (Å²) in [5.41, 5.74) is 3.64. The summed E-state index contributed by atoms with van der Waals surface area (Å²) in [6, 6.07) is 10.6. The van der Waals surface area contributed by atoms with E-state index in [1.54, 1.807) is 10.6 Å². The molecule has 0 amide bonds. The van der Waals surface area contributed by atoms with Crippen molar-refractivity contribution in [2.24, 2.45) is 0 Å². The highest BCUT2D eigenvalue weighted by molar-refractivity contribution is 7.71. The van der Waals surface area contributed by atoms with Gasteiger partial charge in [-0.3, -0.25) is 4.57 Å². The van der Waals surface area contributed by atoms with Gasteiger partial charge in [-0.1, -0.05) is 17.7 Å². The van der Waals surface area contributed by atoms with Gasteiger partial charge in [-0.2, -0.15) is 0 Å². The number of hydrogen-bond acceptors (Lipinski definition) is 1. The maximum Gasteiger partial charge on any atom is 0.182 e. The topological polar surface area (TPSA) is 20.7 Å². The lowest BCUT2D eigenvalue weighted by Gasteiger charge is -2.05. The molecule has 2 nitrogen and oxygen atoms in total. The molecule has 0 saturated heterocycles. The van der Waals surface area contributed by atoms with E-state index in [1.165, 1.54) is 12.1 Å². The van der Waals surface area contributed by atoms with E-state index in [9.17, 15) is 4.39 Å². The number of nitrogens with zero attached hydrogens (tertiary/aromatic N) is 1. The van der Waals surface area contributed by atoms with Crippen LogP contribution < -0.4 is 0 Å². The standard InChI is InChI=1S/C14H10ClFN2S/c1-8-2-5-13-12(6-8)17-14(19)18(13)9-3-4-10(15)11(16)7-9/h2-7H,1H3,(H,17,19). The van der Waals surface area contributed by atoms with Crippen molar-refractivity contribution in [3.05, 3.63) is 57.6 Å². The minimum absolute atomic E-state index is 0.103. The number of benzene rings is 2. The summed E-state index contributed by atoms with van der Waals surface area (Å²) in [5.74, 6) is -0.456. The van der Waals surface area contributed by atoms with Gasteiger partial charge in [0.25, 0.3) is 0 Å². The first-order chi connectivity index (χ1) is 9.06. The summed E-state index contributed by atoms with van der Waals surface area (Å²) in [4.78, 5) is 3.12. The van der Waals surface area contributed by atoms with E-state index < -0.39 is 5.82 Å². The van der Waals surface area contributed by atoms with E-state index in [1.807, 2.05) is 25.1 Å². The van der Waals surface area contributed by atoms with Crippen molar-refractivity contribution < 1.29 is 4.39 Å². The van der Waals surface area contributed by atoms with Crippen LogP contribution in [0.4, 0.5) is 4.39 Å². The smallest absolute Gasteiger partial charge is 0.182 e. The van der Waals surface area contributed by atoms with Crippen molar-refractivity contribution in [2.75, 3.05) is 0 Å². The average Bonchev–Trinajstić information content (AvgIpc) is 2.68. The molecule has 0 spiro atoms. The largest absolute Gasteiger partial charge is 0.330 e. The third-order valence-corrected chi connectivity index (χ3v) is 3.59. The maximum atomic E-state index is 13.6. The Kier molecular flexibility index (Phi) is 2.92. The van der Waals surface area contributed by atoms with Crippen LogP contribution in [0.25, 0.3) is 16.7 Å². The fourth-order valence-corrected chi connectivity index (χ4v) is 2.54. The van der Waals surface area contributed by atoms with Gasteiger partial charge >= 0.3 is 0 Å². The van der Waals surface area contributed by atoms with Gasteiger partial charge in [-0.15, -0.1) is 0 Å². The minimum atomic E-state index is -0.456. The van der Waals surface area contributed by atoms with E-state index in [4.69, 9.17) is 23.8 Å². The summed E-state index contributed by atoms with van der Waals surface area (Å²) in [5, 5.41) is 0.103. The molecule has 1 heterocycles. The normalized spacial score (nSPS) is 11.1. The van der Waals surface area contributed by atoms with Crippen LogP contribution in [0.2, 0.25) is 5.02 Å². The molecule has 0 aliphatic rings. The molecule has 19 heavy (non-hydrogen) atoms. The van der Waals surface area contributed by atoms with Gasteiger partial charge in [0.1, 0.15) is 5.82 Å². The van der Waals surface area contributed by atoms with Gasteiger partial charge in [-0.05, 0) is 55.0 Å². The van der Waals surface area contributed by atoms with Gasteiger partial charge in [-0.25, -0.2) is 4.39 Å². The molecule has 0 unspecified atom stereocenters. The first-order valence-electron chi connectivity index (χ1n) is 5.73. The zero-order chi connectivity index (χ0) is 13.6. The fraction of sp³-hybridized carbons (Fsp3) is 0.0714. The molecule has 96 valence electrons. The number of fused-ring (bicyclic) bond motifs is 1. The van der Waals surface area contributed by atoms with Crippen LogP contribution >= 0.6 is 23.8 Å². The molecule has 0 radical (unpaired) electrons. The molecule has 1 aromatic heterocycles. The number of hydrogen-bond donors (Lipinski definition) is 1. The Morgan fingerprint density at radius 2 is 2.00 bits per heavy atom. The summed E-state index contributed by atoms with van der Waals surface area (Å²) in [6.45, 7) is 2.01. The highest BCUT2D eigenvalue weighted by Gasteiger charge is 2.08. The number of H-pyrrole nitrogens is 1. The quantitative estimate of drug-likeness (QED) is 0.640. The Hall–Kier alpha value is -1.65. The molecular weight excluding hydrogens is 283 g/mol. The SMILES string of the molecule is Cc1ccc2c(c1)[nH]c(=S)n2-c1ccc(Cl)c(F)c1. The number of imidazole rings is 1. The first kappa shape index (κ1) is 12.4. The predicted octanol–water partition coefficient (Wildman–Crippen LogP) is 4.79. The van der Waals surface area contributed by atoms with E-state index >= 15 is 0 Å². The molecule has 0 bridgehead atoms. The molecule has 0 fully saturated rings. The zero-order valence-corrected chi connectivity index (χ0v) is 11.6. The number of aromatic nitrogens is 2. The van der Waals surface area contributed by atoms with Crippen molar-refractivity contribution in [1.29, 1.82) is 0 Å². The van der Waals surface area contributed by atoms with E-state index in [0.29, 0.717) is 10.5 Å². The molecule has 0 atom stereocenters. The highest BCUT2D eigenvalue weighted by Crippen LogP contribution is 2.23. The lowest BCUT2D eigenvalue weighted by Crippen LogP contribution is -1.95. The van der Waals surface area contributed by atoms with Crippen molar-refractivity contribution in [3.8, 4) is 5.69 Å². The first-order valence-corrected chi connectivity index (χ1v) is 6.52. The van der Waals surface area contributed by atoms with Crippen LogP contribution in [0.5, 0.6) is 0 Å². The van der Waals surface area contributed by atoms with Gasteiger partial charge in [0.2, 0.25) is 0 Å². The van der Waals surface area contributed by atoms with Crippen molar-refractivity contribution >= 4 is 34.9 Å². The van der Waals surface area contributed by atoms with Gasteiger partial charge in [0.05, 0.1) is 21.7 Å². The Bertz CT molecular complexity index is 835. The van der Waals surface area contributed by atoms with Crippen LogP contribution in [-0.2, 0) is 0 Å². The highest BCUT2D eigenvalue weighted by atomic mass is 35.5. The Morgan fingerprint density at radius 1 is 1.21 bits per heavy atom. The average molecular weight is 293 g/mol. The number of aromatic amines is 1. The van der Waals surface area contributed by atoms with Gasteiger partial charge < -0.3 is 4.98 Å². The van der Waals surface area contributed by atoms with Gasteiger partial charge in [0.15, 0.2) is 4.77 Å². The molecule has 2 aromatic carbocycles. The predicted molar refractivity (Wildman–Crippen MR) is 78.2 cm³/mol. The van der Waals surface area contributed by atoms with Crippen molar-refractivity contribution in [2.45, 2.75) is 6.92 Å². The molecule has 5 heteroatoms. The minimum Gasteiger partial charge on any atom is -0.330 e. The number of rotatable bonds is 1. The second-order valence-corrected chi connectivity index (χ2v) is 5.18. The molecule has 0 aliphatic heterocycles. The molecule has 0 saturated carbocycles. The summed E-state index contributed by atoms with van der Waals surface area (Å²) in [6.07, 6.45) is 0. The summed E-state index contributed by atoms with van der Waals surface area (Å²) in [7, 11) is 0. The van der Waals surface area contributed by atoms with Crippen LogP contribution in [0, 0.1) is 17.5 Å². The van der Waals surface area contributed by atoms with E-state index in [-0.39, 0.29) is 5.02 Å². The maximum absolute atomic E-state index is 13.6.